The van der Waals surface area contributed by atoms with Gasteiger partial charge in [-0.1, -0.05) is 27.7 Å². The van der Waals surface area contributed by atoms with Crippen LogP contribution in [0.2, 0.25) is 0 Å². The minimum atomic E-state index is -0.594. The predicted molar refractivity (Wildman–Crippen MR) is 62.9 cm³/mol. The summed E-state index contributed by atoms with van der Waals surface area (Å²) in [5.74, 6) is -0.0908. The van der Waals surface area contributed by atoms with Crippen LogP contribution < -0.4 is 0 Å². The van der Waals surface area contributed by atoms with Gasteiger partial charge in [0.15, 0.2) is 0 Å². The Morgan fingerprint density at radius 2 is 1.71 bits per heavy atom. The number of nitrogens with zero attached hydrogens (tertiary/aromatic N) is 1. The minimum Gasteiger partial charge on any atom is -0.391 e. The Morgan fingerprint density at radius 3 is 2.12 bits per heavy atom. The molecule has 96 valence electrons. The van der Waals surface area contributed by atoms with E-state index in [-0.39, 0.29) is 35.6 Å². The fraction of sp³-hybridized carbons (Fsp3) is 0.846. The lowest BCUT2D eigenvalue weighted by Crippen LogP contribution is -2.41. The molecule has 0 spiro atoms. The van der Waals surface area contributed by atoms with Crippen LogP contribution >= 0.6 is 0 Å². The molecule has 4 nitrogen and oxygen atoms in total. The van der Waals surface area contributed by atoms with Crippen LogP contribution in [0.15, 0.2) is 0 Å². The molecule has 0 aromatic heterocycles. The van der Waals surface area contributed by atoms with Crippen molar-refractivity contribution in [3.8, 4) is 0 Å². The second-order valence-corrected chi connectivity index (χ2v) is 6.35. The van der Waals surface area contributed by atoms with Crippen molar-refractivity contribution in [2.45, 2.75) is 40.2 Å². The number of fused-ring (bicyclic) bond motifs is 1. The maximum Gasteiger partial charge on any atom is 0.233 e. The molecule has 1 heterocycles. The zero-order chi connectivity index (χ0) is 13.0. The zero-order valence-corrected chi connectivity index (χ0v) is 10.9. The number of aliphatic hydroxyl groups excluding tert-OH is 1. The number of β-amino-alcohol motifs (C(OH)–C–C–N with tert-alkyl or cyclic N) is 1. The molecule has 1 saturated heterocycles. The smallest absolute Gasteiger partial charge is 0.233 e. The van der Waals surface area contributed by atoms with Crippen molar-refractivity contribution in [1.29, 1.82) is 0 Å². The molecule has 0 aromatic rings. The number of likely N-dealkylation sites (tertiary alicyclic amines) is 1. The normalized spacial score (nSPS) is 32.0. The van der Waals surface area contributed by atoms with E-state index in [2.05, 4.69) is 0 Å². The molecule has 0 aromatic carbocycles. The summed E-state index contributed by atoms with van der Waals surface area (Å²) in [4.78, 5) is 25.2. The SMILES string of the molecule is CC(C)CC(O)CN1C(=O)C2C(C1=O)C2(C)C. The Morgan fingerprint density at radius 1 is 1.24 bits per heavy atom. The Balaban J connectivity index is 1.97. The molecule has 2 rings (SSSR count). The summed E-state index contributed by atoms with van der Waals surface area (Å²) in [6.07, 6.45) is 0.0268. The molecule has 3 unspecified atom stereocenters. The van der Waals surface area contributed by atoms with Crippen molar-refractivity contribution in [3.05, 3.63) is 0 Å². The quantitative estimate of drug-likeness (QED) is 0.746. The van der Waals surface area contributed by atoms with E-state index in [0.29, 0.717) is 12.3 Å². The number of rotatable bonds is 4. The number of hydrogen-bond donors (Lipinski definition) is 1. The third-order valence-electron chi connectivity index (χ3n) is 4.03. The molecular weight excluding hydrogens is 218 g/mol. The molecular formula is C13H21NO3. The zero-order valence-electron chi connectivity index (χ0n) is 10.9. The topological polar surface area (TPSA) is 57.6 Å². The fourth-order valence-corrected chi connectivity index (χ4v) is 3.01. The van der Waals surface area contributed by atoms with Gasteiger partial charge in [-0.3, -0.25) is 14.5 Å². The minimum absolute atomic E-state index is 0.0900. The van der Waals surface area contributed by atoms with Crippen LogP contribution in [0.5, 0.6) is 0 Å². The molecule has 1 aliphatic carbocycles. The first-order chi connectivity index (χ1) is 7.76. The van der Waals surface area contributed by atoms with Crippen LogP contribution in [-0.2, 0) is 9.59 Å². The van der Waals surface area contributed by atoms with E-state index < -0.39 is 6.10 Å². The van der Waals surface area contributed by atoms with Gasteiger partial charge in [0.2, 0.25) is 11.8 Å². The van der Waals surface area contributed by atoms with E-state index in [1.54, 1.807) is 0 Å². The number of hydrogen-bond acceptors (Lipinski definition) is 3. The standard InChI is InChI=1S/C13H21NO3/c1-7(2)5-8(15)6-14-11(16)9-10(12(14)17)13(9,3)4/h7-10,15H,5-6H2,1-4H3. The molecule has 1 aliphatic heterocycles. The first kappa shape index (κ1) is 12.6. The summed E-state index contributed by atoms with van der Waals surface area (Å²) in [5, 5.41) is 9.80. The first-order valence-electron chi connectivity index (χ1n) is 6.30. The fourth-order valence-electron chi connectivity index (χ4n) is 3.01. The lowest BCUT2D eigenvalue weighted by molar-refractivity contribution is -0.144. The summed E-state index contributed by atoms with van der Waals surface area (Å²) >= 11 is 0. The van der Waals surface area contributed by atoms with Crippen LogP contribution in [0.25, 0.3) is 0 Å². The average Bonchev–Trinajstić information content (AvgIpc) is 2.64. The number of carbonyl (C=O) groups excluding carboxylic acids is 2. The number of imide groups is 1. The van der Waals surface area contributed by atoms with Gasteiger partial charge in [0.1, 0.15) is 0 Å². The molecule has 4 heteroatoms. The predicted octanol–water partition coefficient (Wildman–Crippen LogP) is 1.03. The van der Waals surface area contributed by atoms with Gasteiger partial charge >= 0.3 is 0 Å². The lowest BCUT2D eigenvalue weighted by atomic mass is 10.0. The van der Waals surface area contributed by atoms with Crippen LogP contribution in [0.4, 0.5) is 0 Å². The average molecular weight is 239 g/mol. The van der Waals surface area contributed by atoms with Gasteiger partial charge in [-0.25, -0.2) is 0 Å². The summed E-state index contributed by atoms with van der Waals surface area (Å²) in [6.45, 7) is 8.10. The third-order valence-corrected chi connectivity index (χ3v) is 4.03. The maximum absolute atomic E-state index is 12.0. The molecule has 0 radical (unpaired) electrons. The molecule has 1 N–H and O–H groups in total. The highest BCUT2D eigenvalue weighted by Gasteiger charge is 2.72. The van der Waals surface area contributed by atoms with Gasteiger partial charge in [0, 0.05) is 0 Å². The van der Waals surface area contributed by atoms with Crippen molar-refractivity contribution in [2.75, 3.05) is 6.54 Å². The van der Waals surface area contributed by atoms with Crippen molar-refractivity contribution in [3.63, 3.8) is 0 Å². The van der Waals surface area contributed by atoms with Crippen molar-refractivity contribution >= 4 is 11.8 Å². The molecule has 17 heavy (non-hydrogen) atoms. The highest BCUT2D eigenvalue weighted by atomic mass is 16.3. The molecule has 1 saturated carbocycles. The van der Waals surface area contributed by atoms with Gasteiger partial charge in [-0.05, 0) is 17.8 Å². The van der Waals surface area contributed by atoms with Gasteiger partial charge in [-0.2, -0.15) is 0 Å². The van der Waals surface area contributed by atoms with Gasteiger partial charge < -0.3 is 5.11 Å². The molecule has 0 bridgehead atoms. The van der Waals surface area contributed by atoms with E-state index in [1.165, 1.54) is 4.90 Å². The van der Waals surface area contributed by atoms with Crippen molar-refractivity contribution in [1.82, 2.24) is 4.90 Å². The highest BCUT2D eigenvalue weighted by Crippen LogP contribution is 2.63. The second kappa shape index (κ2) is 3.80. The first-order valence-corrected chi connectivity index (χ1v) is 6.30. The number of carbonyl (C=O) groups is 2. The monoisotopic (exact) mass is 239 g/mol. The van der Waals surface area contributed by atoms with E-state index in [1.807, 2.05) is 27.7 Å². The maximum atomic E-state index is 12.0. The third kappa shape index (κ3) is 1.88. The van der Waals surface area contributed by atoms with Crippen LogP contribution in [0.1, 0.15) is 34.1 Å². The molecule has 3 atom stereocenters. The van der Waals surface area contributed by atoms with Crippen molar-refractivity contribution in [2.24, 2.45) is 23.2 Å². The Kier molecular flexibility index (Phi) is 2.81. The molecule has 2 aliphatic rings. The summed E-state index contributed by atoms with van der Waals surface area (Å²) in [6, 6.07) is 0. The number of piperidine rings is 1. The highest BCUT2D eigenvalue weighted by molar-refractivity contribution is 6.10. The largest absolute Gasteiger partial charge is 0.391 e. The summed E-state index contributed by atoms with van der Waals surface area (Å²) < 4.78 is 0. The molecule has 2 amide bonds. The van der Waals surface area contributed by atoms with Crippen molar-refractivity contribution < 1.29 is 14.7 Å². The van der Waals surface area contributed by atoms with Gasteiger partial charge in [0.05, 0.1) is 24.5 Å². The second-order valence-electron chi connectivity index (χ2n) is 6.35. The Bertz CT molecular complexity index is 338. The summed E-state index contributed by atoms with van der Waals surface area (Å²) in [5.41, 5.74) is -0.159. The molecule has 2 fully saturated rings. The van der Waals surface area contributed by atoms with Gasteiger partial charge in [0.25, 0.3) is 0 Å². The summed E-state index contributed by atoms with van der Waals surface area (Å²) in [7, 11) is 0. The van der Waals surface area contributed by atoms with Crippen LogP contribution in [0.3, 0.4) is 0 Å². The van der Waals surface area contributed by atoms with Crippen LogP contribution in [-0.4, -0.2) is 34.5 Å². The van der Waals surface area contributed by atoms with E-state index >= 15 is 0 Å². The van der Waals surface area contributed by atoms with E-state index in [4.69, 9.17) is 0 Å². The number of amides is 2. The number of aliphatic hydroxyl groups is 1. The van der Waals surface area contributed by atoms with E-state index in [9.17, 15) is 14.7 Å². The van der Waals surface area contributed by atoms with E-state index in [0.717, 1.165) is 0 Å². The van der Waals surface area contributed by atoms with Gasteiger partial charge in [-0.15, -0.1) is 0 Å². The Hall–Kier alpha value is -0.900. The Labute approximate surface area is 102 Å². The lowest BCUT2D eigenvalue weighted by Gasteiger charge is -2.23. The van der Waals surface area contributed by atoms with Crippen LogP contribution in [0, 0.1) is 23.2 Å².